The largest absolute Gasteiger partial charge is 0.415 e. The van der Waals surface area contributed by atoms with Gasteiger partial charge in [-0.2, -0.15) is 13.2 Å². The summed E-state index contributed by atoms with van der Waals surface area (Å²) < 4.78 is 36.8. The minimum absolute atomic E-state index is 0.168. The number of nitrogens with one attached hydrogen (secondary N) is 1. The first-order chi connectivity index (χ1) is 8.16. The molecule has 0 rings (SSSR count). The molecule has 0 aliphatic carbocycles. The molecule has 1 unspecified atom stereocenters. The predicted molar refractivity (Wildman–Crippen MR) is 69.6 cm³/mol. The second-order valence-corrected chi connectivity index (χ2v) is 4.33. The molecule has 1 atom stereocenters. The monoisotopic (exact) mass is 262 g/mol. The van der Waals surface area contributed by atoms with E-state index in [2.05, 4.69) is 23.8 Å². The normalized spacial score (nSPS) is 15.5. The molecule has 0 bridgehead atoms. The molecule has 0 aromatic heterocycles. The molecule has 0 aromatic rings. The summed E-state index contributed by atoms with van der Waals surface area (Å²) in [6, 6.07) is 0.168. The van der Waals surface area contributed by atoms with Gasteiger partial charge in [0, 0.05) is 11.7 Å². The fourth-order valence-electron chi connectivity index (χ4n) is 1.51. The number of allylic oxidation sites excluding steroid dienone is 3. The number of halogens is 3. The zero-order chi connectivity index (χ0) is 14.3. The molecule has 18 heavy (non-hydrogen) atoms. The Morgan fingerprint density at radius 3 is 2.39 bits per heavy atom. The van der Waals surface area contributed by atoms with Crippen molar-refractivity contribution in [3.05, 3.63) is 23.9 Å². The number of rotatable bonds is 5. The van der Waals surface area contributed by atoms with Gasteiger partial charge in [-0.3, -0.25) is 4.99 Å². The first-order valence-electron chi connectivity index (χ1n) is 5.92. The minimum atomic E-state index is -4.39. The predicted octanol–water partition coefficient (Wildman–Crippen LogP) is 4.21. The van der Waals surface area contributed by atoms with Crippen molar-refractivity contribution in [2.45, 2.75) is 52.8 Å². The summed E-state index contributed by atoms with van der Waals surface area (Å²) in [5.74, 6) is 0.611. The van der Waals surface area contributed by atoms with Crippen LogP contribution >= 0.6 is 0 Å². The third-order valence-electron chi connectivity index (χ3n) is 2.25. The van der Waals surface area contributed by atoms with E-state index in [0.29, 0.717) is 11.5 Å². The molecule has 0 amide bonds. The quantitative estimate of drug-likeness (QED) is 0.448. The fraction of sp³-hybridized carbons (Fsp3) is 0.615. The Hall–Kier alpha value is -1.26. The molecule has 0 saturated carbocycles. The molecular weight excluding hydrogens is 241 g/mol. The number of aliphatic imine (C=N–C) groups is 1. The van der Waals surface area contributed by atoms with Crippen LogP contribution in [0.25, 0.3) is 0 Å². The number of amidine groups is 1. The van der Waals surface area contributed by atoms with Gasteiger partial charge in [0.15, 0.2) is 0 Å². The van der Waals surface area contributed by atoms with E-state index >= 15 is 0 Å². The lowest BCUT2D eigenvalue weighted by molar-refractivity contribution is -0.0879. The van der Waals surface area contributed by atoms with Crippen molar-refractivity contribution in [2.75, 3.05) is 0 Å². The zero-order valence-electron chi connectivity index (χ0n) is 11.4. The van der Waals surface area contributed by atoms with Crippen molar-refractivity contribution >= 4 is 5.84 Å². The Bertz CT molecular complexity index is 341. The van der Waals surface area contributed by atoms with E-state index in [0.717, 1.165) is 18.9 Å². The Balaban J connectivity index is 4.52. The maximum atomic E-state index is 12.3. The second kappa shape index (κ2) is 7.24. The minimum Gasteiger partial charge on any atom is -0.348 e. The number of hydrogen-bond acceptors (Lipinski definition) is 1. The topological polar surface area (TPSA) is 24.4 Å². The van der Waals surface area contributed by atoms with E-state index in [1.54, 1.807) is 13.8 Å². The van der Waals surface area contributed by atoms with Crippen LogP contribution in [-0.4, -0.2) is 18.1 Å². The van der Waals surface area contributed by atoms with E-state index < -0.39 is 11.7 Å². The molecular formula is C13H21F3N2. The Morgan fingerprint density at radius 2 is 1.94 bits per heavy atom. The first kappa shape index (κ1) is 16.7. The van der Waals surface area contributed by atoms with Gasteiger partial charge in [0.1, 0.15) is 0 Å². The molecule has 0 saturated heterocycles. The van der Waals surface area contributed by atoms with Gasteiger partial charge < -0.3 is 5.32 Å². The summed E-state index contributed by atoms with van der Waals surface area (Å²) >= 11 is 0. The Morgan fingerprint density at radius 1 is 1.39 bits per heavy atom. The SMILES string of the molecule is C=C(/C=C(\C)NC(C)=NC(C)CCC)C(F)(F)F. The van der Waals surface area contributed by atoms with E-state index in [4.69, 9.17) is 0 Å². The number of nitrogens with zero attached hydrogens (tertiary/aromatic N) is 1. The summed E-state index contributed by atoms with van der Waals surface area (Å²) in [5.41, 5.74) is -0.496. The highest BCUT2D eigenvalue weighted by Crippen LogP contribution is 2.25. The fourth-order valence-corrected chi connectivity index (χ4v) is 1.51. The third kappa shape index (κ3) is 7.14. The van der Waals surface area contributed by atoms with E-state index in [-0.39, 0.29) is 6.04 Å². The molecule has 0 aliphatic rings. The van der Waals surface area contributed by atoms with Gasteiger partial charge in [-0.05, 0) is 33.3 Å². The van der Waals surface area contributed by atoms with Gasteiger partial charge in [-0.15, -0.1) is 0 Å². The third-order valence-corrected chi connectivity index (χ3v) is 2.25. The maximum Gasteiger partial charge on any atom is 0.415 e. The average Bonchev–Trinajstić information content (AvgIpc) is 2.15. The van der Waals surface area contributed by atoms with Crippen LogP contribution in [0.1, 0.15) is 40.5 Å². The molecule has 2 nitrogen and oxygen atoms in total. The number of alkyl halides is 3. The van der Waals surface area contributed by atoms with Gasteiger partial charge in [0.05, 0.1) is 11.4 Å². The summed E-state index contributed by atoms with van der Waals surface area (Å²) in [7, 11) is 0. The Labute approximate surface area is 107 Å². The molecule has 0 radical (unpaired) electrons. The van der Waals surface area contributed by atoms with Crippen molar-refractivity contribution in [1.82, 2.24) is 5.32 Å². The molecule has 0 fully saturated rings. The molecule has 0 heterocycles. The van der Waals surface area contributed by atoms with Crippen LogP contribution in [0.4, 0.5) is 13.2 Å². The summed E-state index contributed by atoms with van der Waals surface area (Å²) in [6.07, 6.45) is -1.43. The second-order valence-electron chi connectivity index (χ2n) is 4.33. The van der Waals surface area contributed by atoms with E-state index in [1.807, 2.05) is 6.92 Å². The summed E-state index contributed by atoms with van der Waals surface area (Å²) in [4.78, 5) is 4.33. The standard InChI is InChI=1S/C13H21F3N2/c1-6-7-10(3)17-12(5)18-11(4)8-9(2)13(14,15)16/h8,10H,2,6-7H2,1,3-5H3,(H,17,18)/b11-8+. The molecule has 0 aliphatic heterocycles. The molecule has 0 aromatic carbocycles. The van der Waals surface area contributed by atoms with Gasteiger partial charge in [0.25, 0.3) is 0 Å². The van der Waals surface area contributed by atoms with Gasteiger partial charge in [-0.1, -0.05) is 19.9 Å². The van der Waals surface area contributed by atoms with E-state index in [9.17, 15) is 13.2 Å². The van der Waals surface area contributed by atoms with Gasteiger partial charge in [0.2, 0.25) is 0 Å². The first-order valence-corrected chi connectivity index (χ1v) is 5.92. The van der Waals surface area contributed by atoms with Crippen LogP contribution < -0.4 is 5.32 Å². The van der Waals surface area contributed by atoms with Crippen LogP contribution in [0, 0.1) is 0 Å². The molecule has 1 N–H and O–H groups in total. The van der Waals surface area contributed by atoms with Crippen molar-refractivity contribution in [3.8, 4) is 0 Å². The smallest absolute Gasteiger partial charge is 0.348 e. The lowest BCUT2D eigenvalue weighted by Gasteiger charge is -2.11. The zero-order valence-corrected chi connectivity index (χ0v) is 11.4. The van der Waals surface area contributed by atoms with Crippen LogP contribution in [0.3, 0.4) is 0 Å². The summed E-state index contributed by atoms with van der Waals surface area (Å²) in [5, 5.41) is 2.82. The van der Waals surface area contributed by atoms with Crippen molar-refractivity contribution in [3.63, 3.8) is 0 Å². The van der Waals surface area contributed by atoms with Crippen molar-refractivity contribution < 1.29 is 13.2 Å². The maximum absolute atomic E-state index is 12.3. The Kier molecular flexibility index (Phi) is 6.73. The molecule has 104 valence electrons. The van der Waals surface area contributed by atoms with Crippen molar-refractivity contribution in [1.29, 1.82) is 0 Å². The van der Waals surface area contributed by atoms with Crippen LogP contribution in [-0.2, 0) is 0 Å². The lowest BCUT2D eigenvalue weighted by Crippen LogP contribution is -2.21. The van der Waals surface area contributed by atoms with Crippen LogP contribution in [0.5, 0.6) is 0 Å². The van der Waals surface area contributed by atoms with Gasteiger partial charge >= 0.3 is 6.18 Å². The number of hydrogen-bond donors (Lipinski definition) is 1. The lowest BCUT2D eigenvalue weighted by atomic mass is 10.2. The highest BCUT2D eigenvalue weighted by Gasteiger charge is 2.30. The highest BCUT2D eigenvalue weighted by atomic mass is 19.4. The molecule has 0 spiro atoms. The average molecular weight is 262 g/mol. The van der Waals surface area contributed by atoms with Crippen LogP contribution in [0.2, 0.25) is 0 Å². The highest BCUT2D eigenvalue weighted by molar-refractivity contribution is 5.81. The van der Waals surface area contributed by atoms with Gasteiger partial charge in [-0.25, -0.2) is 0 Å². The summed E-state index contributed by atoms with van der Waals surface area (Å²) in [6.45, 7) is 10.3. The van der Waals surface area contributed by atoms with E-state index in [1.165, 1.54) is 0 Å². The van der Waals surface area contributed by atoms with Crippen LogP contribution in [0.15, 0.2) is 28.9 Å². The molecule has 5 heteroatoms. The van der Waals surface area contributed by atoms with Crippen molar-refractivity contribution in [2.24, 2.45) is 4.99 Å².